The van der Waals surface area contributed by atoms with Crippen molar-refractivity contribution in [1.29, 1.82) is 0 Å². The predicted molar refractivity (Wildman–Crippen MR) is 64.1 cm³/mol. The molecule has 4 heteroatoms. The fraction of sp³-hybridized carbons (Fsp3) is 0.750. The molecule has 0 radical (unpaired) electrons. The first-order chi connectivity index (χ1) is 7.59. The van der Waals surface area contributed by atoms with Gasteiger partial charge in [-0.1, -0.05) is 13.0 Å². The monoisotopic (exact) mass is 226 g/mol. The van der Waals surface area contributed by atoms with E-state index in [-0.39, 0.29) is 17.6 Å². The topological polar surface area (TPSA) is 64.3 Å². The van der Waals surface area contributed by atoms with E-state index in [1.54, 1.807) is 6.08 Å². The molecule has 0 aromatic heterocycles. The molecule has 4 nitrogen and oxygen atoms in total. The molecule has 92 valence electrons. The molecular formula is C12H22N2O2. The van der Waals surface area contributed by atoms with E-state index in [0.29, 0.717) is 13.1 Å². The number of alkyl carbamates (subject to hydrolysis) is 1. The second-order valence-corrected chi connectivity index (χ2v) is 4.79. The standard InChI is InChI=1S/C12H22N2O2/c1-3-8-14-11(15)16-10-4-6-12(2,9-13)7-5-10/h3,10H,1,4-9,13H2,2H3,(H,14,15). The van der Waals surface area contributed by atoms with Crippen LogP contribution in [0.25, 0.3) is 0 Å². The predicted octanol–water partition coefficient (Wildman–Crippen LogP) is 1.81. The third-order valence-corrected chi connectivity index (χ3v) is 3.30. The largest absolute Gasteiger partial charge is 0.446 e. The van der Waals surface area contributed by atoms with Crippen molar-refractivity contribution in [2.24, 2.45) is 11.1 Å². The van der Waals surface area contributed by atoms with Gasteiger partial charge >= 0.3 is 6.09 Å². The second-order valence-electron chi connectivity index (χ2n) is 4.79. The lowest BCUT2D eigenvalue weighted by atomic mass is 9.75. The number of rotatable bonds is 4. The number of hydrogen-bond donors (Lipinski definition) is 2. The maximum absolute atomic E-state index is 11.3. The highest BCUT2D eigenvalue weighted by atomic mass is 16.6. The molecule has 1 amide bonds. The lowest BCUT2D eigenvalue weighted by Crippen LogP contribution is -2.37. The van der Waals surface area contributed by atoms with Gasteiger partial charge in [0.15, 0.2) is 0 Å². The van der Waals surface area contributed by atoms with Crippen LogP contribution in [0.3, 0.4) is 0 Å². The molecule has 16 heavy (non-hydrogen) atoms. The number of amides is 1. The highest BCUT2D eigenvalue weighted by Crippen LogP contribution is 2.35. The zero-order valence-electron chi connectivity index (χ0n) is 10.00. The van der Waals surface area contributed by atoms with E-state index < -0.39 is 0 Å². The quantitative estimate of drug-likeness (QED) is 0.718. The molecule has 0 heterocycles. The highest BCUT2D eigenvalue weighted by molar-refractivity contribution is 5.67. The maximum Gasteiger partial charge on any atom is 0.407 e. The van der Waals surface area contributed by atoms with Crippen molar-refractivity contribution in [2.45, 2.75) is 38.7 Å². The van der Waals surface area contributed by atoms with Gasteiger partial charge < -0.3 is 15.8 Å². The van der Waals surface area contributed by atoms with Gasteiger partial charge in [-0.3, -0.25) is 0 Å². The molecule has 1 fully saturated rings. The fourth-order valence-corrected chi connectivity index (χ4v) is 1.96. The van der Waals surface area contributed by atoms with Crippen molar-refractivity contribution < 1.29 is 9.53 Å². The summed E-state index contributed by atoms with van der Waals surface area (Å²) < 4.78 is 5.29. The first-order valence-corrected chi connectivity index (χ1v) is 5.85. The lowest BCUT2D eigenvalue weighted by Gasteiger charge is -2.35. The number of hydrogen-bond acceptors (Lipinski definition) is 3. The number of carbonyl (C=O) groups is 1. The summed E-state index contributed by atoms with van der Waals surface area (Å²) in [6, 6.07) is 0. The maximum atomic E-state index is 11.3. The van der Waals surface area contributed by atoms with Crippen LogP contribution in [0.15, 0.2) is 12.7 Å². The van der Waals surface area contributed by atoms with Crippen molar-refractivity contribution in [2.75, 3.05) is 13.1 Å². The van der Waals surface area contributed by atoms with Crippen molar-refractivity contribution >= 4 is 6.09 Å². The summed E-state index contributed by atoms with van der Waals surface area (Å²) >= 11 is 0. The molecule has 0 aliphatic heterocycles. The molecule has 1 saturated carbocycles. The summed E-state index contributed by atoms with van der Waals surface area (Å²) in [7, 11) is 0. The van der Waals surface area contributed by atoms with Gasteiger partial charge in [0.1, 0.15) is 6.10 Å². The Morgan fingerprint density at radius 1 is 1.62 bits per heavy atom. The van der Waals surface area contributed by atoms with Gasteiger partial charge in [0.2, 0.25) is 0 Å². The number of carbonyl (C=O) groups excluding carboxylic acids is 1. The zero-order valence-corrected chi connectivity index (χ0v) is 10.00. The van der Waals surface area contributed by atoms with E-state index in [9.17, 15) is 4.79 Å². The van der Waals surface area contributed by atoms with Crippen LogP contribution in [0, 0.1) is 5.41 Å². The molecule has 3 N–H and O–H groups in total. The van der Waals surface area contributed by atoms with Crippen LogP contribution in [-0.4, -0.2) is 25.3 Å². The molecular weight excluding hydrogens is 204 g/mol. The van der Waals surface area contributed by atoms with Crippen LogP contribution in [0.5, 0.6) is 0 Å². The van der Waals surface area contributed by atoms with Gasteiger partial charge in [-0.2, -0.15) is 0 Å². The average molecular weight is 226 g/mol. The molecule has 1 aliphatic rings. The zero-order chi connectivity index (χ0) is 12.0. The molecule has 1 rings (SSSR count). The Hall–Kier alpha value is -1.03. The van der Waals surface area contributed by atoms with E-state index in [4.69, 9.17) is 10.5 Å². The van der Waals surface area contributed by atoms with Gasteiger partial charge in [0.05, 0.1) is 0 Å². The Balaban J connectivity index is 2.26. The third kappa shape index (κ3) is 3.85. The average Bonchev–Trinajstić information content (AvgIpc) is 2.30. The summed E-state index contributed by atoms with van der Waals surface area (Å²) in [6.07, 6.45) is 5.22. The Kier molecular flexibility index (Phi) is 4.80. The van der Waals surface area contributed by atoms with E-state index >= 15 is 0 Å². The summed E-state index contributed by atoms with van der Waals surface area (Å²) in [5.41, 5.74) is 5.95. The third-order valence-electron chi connectivity index (χ3n) is 3.30. The van der Waals surface area contributed by atoms with E-state index in [0.717, 1.165) is 25.7 Å². The number of nitrogens with one attached hydrogen (secondary N) is 1. The van der Waals surface area contributed by atoms with E-state index in [2.05, 4.69) is 18.8 Å². The Morgan fingerprint density at radius 2 is 2.25 bits per heavy atom. The summed E-state index contributed by atoms with van der Waals surface area (Å²) in [6.45, 7) is 6.88. The van der Waals surface area contributed by atoms with Gasteiger partial charge in [-0.05, 0) is 37.6 Å². The van der Waals surface area contributed by atoms with Gasteiger partial charge in [-0.15, -0.1) is 6.58 Å². The van der Waals surface area contributed by atoms with E-state index in [1.807, 2.05) is 0 Å². The molecule has 0 unspecified atom stereocenters. The minimum Gasteiger partial charge on any atom is -0.446 e. The Bertz CT molecular complexity index is 245. The summed E-state index contributed by atoms with van der Waals surface area (Å²) in [4.78, 5) is 11.3. The van der Waals surface area contributed by atoms with Gasteiger partial charge in [0, 0.05) is 6.54 Å². The first-order valence-electron chi connectivity index (χ1n) is 5.85. The first kappa shape index (κ1) is 13.0. The summed E-state index contributed by atoms with van der Waals surface area (Å²) in [5.74, 6) is 0. The number of ether oxygens (including phenoxy) is 1. The van der Waals surface area contributed by atoms with Crippen LogP contribution in [0.2, 0.25) is 0 Å². The fourth-order valence-electron chi connectivity index (χ4n) is 1.96. The van der Waals surface area contributed by atoms with Crippen LogP contribution < -0.4 is 11.1 Å². The van der Waals surface area contributed by atoms with Crippen LogP contribution >= 0.6 is 0 Å². The van der Waals surface area contributed by atoms with Crippen LogP contribution in [-0.2, 0) is 4.74 Å². The lowest BCUT2D eigenvalue weighted by molar-refractivity contribution is 0.0461. The molecule has 0 aromatic carbocycles. The molecule has 1 aliphatic carbocycles. The highest BCUT2D eigenvalue weighted by Gasteiger charge is 2.31. The number of nitrogens with two attached hydrogens (primary N) is 1. The smallest absolute Gasteiger partial charge is 0.407 e. The van der Waals surface area contributed by atoms with Crippen molar-refractivity contribution in [3.05, 3.63) is 12.7 Å². The summed E-state index contributed by atoms with van der Waals surface area (Å²) in [5, 5.41) is 2.61. The minimum absolute atomic E-state index is 0.0458. The minimum atomic E-state index is -0.346. The Labute approximate surface area is 97.2 Å². The molecule has 0 saturated heterocycles. The molecule has 0 bridgehead atoms. The van der Waals surface area contributed by atoms with Crippen LogP contribution in [0.4, 0.5) is 4.79 Å². The van der Waals surface area contributed by atoms with E-state index in [1.165, 1.54) is 0 Å². The molecule has 0 spiro atoms. The van der Waals surface area contributed by atoms with Crippen LogP contribution in [0.1, 0.15) is 32.6 Å². The van der Waals surface area contributed by atoms with Crippen molar-refractivity contribution in [3.8, 4) is 0 Å². The second kappa shape index (κ2) is 5.89. The van der Waals surface area contributed by atoms with Gasteiger partial charge in [0.25, 0.3) is 0 Å². The molecule has 0 aromatic rings. The van der Waals surface area contributed by atoms with Crippen molar-refractivity contribution in [3.63, 3.8) is 0 Å². The SMILES string of the molecule is C=CCNC(=O)OC1CCC(C)(CN)CC1. The normalized spacial score (nSPS) is 29.5. The van der Waals surface area contributed by atoms with Gasteiger partial charge in [-0.25, -0.2) is 4.79 Å². The Morgan fingerprint density at radius 3 is 2.75 bits per heavy atom. The molecule has 0 atom stereocenters. The van der Waals surface area contributed by atoms with Crippen molar-refractivity contribution in [1.82, 2.24) is 5.32 Å².